The Balaban J connectivity index is 2.20. The Morgan fingerprint density at radius 2 is 1.70 bits per heavy atom. The molecular weight excluding hydrogens is 248 g/mol. The highest BCUT2D eigenvalue weighted by atomic mass is 15.3. The number of nitrogens with one attached hydrogen (secondary N) is 1. The highest BCUT2D eigenvalue weighted by molar-refractivity contribution is 5.75. The van der Waals surface area contributed by atoms with Crippen LogP contribution in [0.15, 0.2) is 48.9 Å². The van der Waals surface area contributed by atoms with Gasteiger partial charge in [-0.1, -0.05) is 30.3 Å². The Morgan fingerprint density at radius 1 is 1.00 bits per heavy atom. The Labute approximate surface area is 118 Å². The van der Waals surface area contributed by atoms with E-state index in [1.807, 2.05) is 12.3 Å². The van der Waals surface area contributed by atoms with Crippen molar-refractivity contribution in [2.75, 3.05) is 21.1 Å². The lowest BCUT2D eigenvalue weighted by molar-refractivity contribution is -0.895. The molecule has 1 N–H and O–H groups in total. The van der Waals surface area contributed by atoms with Crippen LogP contribution in [0.1, 0.15) is 17.2 Å². The minimum atomic E-state index is 0.224. The predicted molar refractivity (Wildman–Crippen MR) is 80.2 cm³/mol. The molecule has 1 aromatic carbocycles. The monoisotopic (exact) mass is 267 g/mol. The van der Waals surface area contributed by atoms with Crippen LogP contribution in [0.25, 0.3) is 11.2 Å². The number of hydrogen-bond donors (Lipinski definition) is 1. The van der Waals surface area contributed by atoms with Crippen LogP contribution in [0.5, 0.6) is 0 Å². The molecule has 4 heteroatoms. The smallest absolute Gasteiger partial charge is 0.156 e. The maximum absolute atomic E-state index is 4.50. The van der Waals surface area contributed by atoms with E-state index in [1.165, 1.54) is 11.1 Å². The lowest BCUT2D eigenvalue weighted by Gasteiger charge is -2.34. The molecule has 1 atom stereocenters. The normalized spacial score (nSPS) is 13.6. The predicted octanol–water partition coefficient (Wildman–Crippen LogP) is 2.75. The van der Waals surface area contributed by atoms with Crippen LogP contribution in [-0.2, 0) is 0 Å². The van der Waals surface area contributed by atoms with E-state index in [9.17, 15) is 0 Å². The number of rotatable bonds is 3. The SMILES string of the molecule is C[N+](C)(C)C(c1ccccc1)c1c[nH]c2nccnc12. The van der Waals surface area contributed by atoms with Crippen molar-refractivity contribution < 1.29 is 4.48 Å². The van der Waals surface area contributed by atoms with Gasteiger partial charge in [0.2, 0.25) is 0 Å². The minimum Gasteiger partial charge on any atom is -0.344 e. The number of H-pyrrole nitrogens is 1. The Hall–Kier alpha value is -2.20. The summed E-state index contributed by atoms with van der Waals surface area (Å²) in [5.41, 5.74) is 4.27. The van der Waals surface area contributed by atoms with Gasteiger partial charge in [0.15, 0.2) is 5.65 Å². The van der Waals surface area contributed by atoms with Crippen molar-refractivity contribution in [1.29, 1.82) is 0 Å². The lowest BCUT2D eigenvalue weighted by atomic mass is 9.98. The summed E-state index contributed by atoms with van der Waals surface area (Å²) in [6.45, 7) is 0. The fourth-order valence-corrected chi connectivity index (χ4v) is 2.76. The zero-order valence-corrected chi connectivity index (χ0v) is 12.0. The first-order valence-electron chi connectivity index (χ1n) is 6.71. The van der Waals surface area contributed by atoms with Crippen LogP contribution in [-0.4, -0.2) is 40.6 Å². The molecular formula is C16H19N4+. The molecule has 0 aliphatic carbocycles. The molecule has 0 saturated heterocycles. The first kappa shape index (κ1) is 12.8. The summed E-state index contributed by atoms with van der Waals surface area (Å²) >= 11 is 0. The van der Waals surface area contributed by atoms with Gasteiger partial charge in [0.1, 0.15) is 11.6 Å². The van der Waals surface area contributed by atoms with E-state index >= 15 is 0 Å². The summed E-state index contributed by atoms with van der Waals surface area (Å²) in [5.74, 6) is 0. The van der Waals surface area contributed by atoms with E-state index in [1.54, 1.807) is 12.4 Å². The van der Waals surface area contributed by atoms with Crippen molar-refractivity contribution in [3.05, 3.63) is 60.0 Å². The summed E-state index contributed by atoms with van der Waals surface area (Å²) in [7, 11) is 6.60. The third-order valence-corrected chi connectivity index (χ3v) is 3.52. The van der Waals surface area contributed by atoms with Crippen molar-refractivity contribution in [3.63, 3.8) is 0 Å². The number of nitrogens with zero attached hydrogens (tertiary/aromatic N) is 3. The molecule has 102 valence electrons. The van der Waals surface area contributed by atoms with Crippen molar-refractivity contribution in [2.45, 2.75) is 6.04 Å². The Morgan fingerprint density at radius 3 is 2.40 bits per heavy atom. The van der Waals surface area contributed by atoms with Crippen molar-refractivity contribution in [2.24, 2.45) is 0 Å². The van der Waals surface area contributed by atoms with E-state index in [4.69, 9.17) is 0 Å². The maximum atomic E-state index is 4.50. The molecule has 20 heavy (non-hydrogen) atoms. The number of aromatic nitrogens is 3. The third-order valence-electron chi connectivity index (χ3n) is 3.52. The zero-order valence-electron chi connectivity index (χ0n) is 12.0. The molecule has 2 aromatic heterocycles. The van der Waals surface area contributed by atoms with Gasteiger partial charge in [-0.25, -0.2) is 4.98 Å². The van der Waals surface area contributed by atoms with Gasteiger partial charge in [0, 0.05) is 24.2 Å². The largest absolute Gasteiger partial charge is 0.344 e. The zero-order chi connectivity index (χ0) is 14.2. The molecule has 0 amide bonds. The molecule has 2 heterocycles. The molecule has 1 unspecified atom stereocenters. The highest BCUT2D eigenvalue weighted by Crippen LogP contribution is 2.33. The second-order valence-electron chi connectivity index (χ2n) is 5.93. The van der Waals surface area contributed by atoms with Crippen LogP contribution >= 0.6 is 0 Å². The van der Waals surface area contributed by atoms with E-state index in [0.29, 0.717) is 0 Å². The fraction of sp³-hybridized carbons (Fsp3) is 0.250. The van der Waals surface area contributed by atoms with E-state index in [-0.39, 0.29) is 6.04 Å². The van der Waals surface area contributed by atoms with E-state index in [2.05, 4.69) is 60.4 Å². The van der Waals surface area contributed by atoms with Gasteiger partial charge in [-0.2, -0.15) is 0 Å². The average molecular weight is 267 g/mol. The van der Waals surface area contributed by atoms with Gasteiger partial charge in [-0.3, -0.25) is 4.98 Å². The summed E-state index contributed by atoms with van der Waals surface area (Å²) in [5, 5.41) is 0. The molecule has 0 aliphatic rings. The van der Waals surface area contributed by atoms with Gasteiger partial charge in [0.05, 0.1) is 26.7 Å². The highest BCUT2D eigenvalue weighted by Gasteiger charge is 2.30. The van der Waals surface area contributed by atoms with Crippen LogP contribution in [0.3, 0.4) is 0 Å². The molecule has 3 rings (SSSR count). The van der Waals surface area contributed by atoms with Gasteiger partial charge in [0.25, 0.3) is 0 Å². The van der Waals surface area contributed by atoms with Crippen molar-refractivity contribution >= 4 is 11.2 Å². The molecule has 0 bridgehead atoms. The number of aromatic amines is 1. The van der Waals surface area contributed by atoms with Gasteiger partial charge in [-0.15, -0.1) is 0 Å². The lowest BCUT2D eigenvalue weighted by Crippen LogP contribution is -2.39. The topological polar surface area (TPSA) is 41.6 Å². The fourth-order valence-electron chi connectivity index (χ4n) is 2.76. The standard InChI is InChI=1S/C16H19N4/c1-20(2,3)15(12-7-5-4-6-8-12)13-11-19-16-14(13)17-9-10-18-16/h4-11,15H,1-3H3,(H,18,19)/q+1. The van der Waals surface area contributed by atoms with Crippen LogP contribution in [0.4, 0.5) is 0 Å². The maximum Gasteiger partial charge on any atom is 0.156 e. The van der Waals surface area contributed by atoms with Gasteiger partial charge < -0.3 is 9.47 Å². The van der Waals surface area contributed by atoms with Gasteiger partial charge >= 0.3 is 0 Å². The Bertz CT molecular complexity index is 710. The molecule has 0 radical (unpaired) electrons. The molecule has 0 spiro atoms. The van der Waals surface area contributed by atoms with Crippen LogP contribution in [0, 0.1) is 0 Å². The summed E-state index contributed by atoms with van der Waals surface area (Å²) in [6, 6.07) is 10.8. The second-order valence-corrected chi connectivity index (χ2v) is 5.93. The molecule has 3 aromatic rings. The molecule has 4 nitrogen and oxygen atoms in total. The first-order chi connectivity index (χ1) is 9.57. The van der Waals surface area contributed by atoms with Crippen molar-refractivity contribution in [3.8, 4) is 0 Å². The summed E-state index contributed by atoms with van der Waals surface area (Å²) in [6.07, 6.45) is 5.50. The molecule has 0 aliphatic heterocycles. The average Bonchev–Trinajstić information content (AvgIpc) is 2.83. The van der Waals surface area contributed by atoms with Crippen molar-refractivity contribution in [1.82, 2.24) is 15.0 Å². The van der Waals surface area contributed by atoms with Gasteiger partial charge in [-0.05, 0) is 0 Å². The molecule has 0 saturated carbocycles. The second kappa shape index (κ2) is 4.72. The van der Waals surface area contributed by atoms with E-state index < -0.39 is 0 Å². The summed E-state index contributed by atoms with van der Waals surface area (Å²) in [4.78, 5) is 12.1. The van der Waals surface area contributed by atoms with Crippen LogP contribution in [0.2, 0.25) is 0 Å². The van der Waals surface area contributed by atoms with Crippen LogP contribution < -0.4 is 0 Å². The number of quaternary nitrogens is 1. The minimum absolute atomic E-state index is 0.224. The quantitative estimate of drug-likeness (QED) is 0.741. The number of benzene rings is 1. The Kier molecular flexibility index (Phi) is 3.03. The molecule has 0 fully saturated rings. The summed E-state index contributed by atoms with van der Waals surface area (Å²) < 4.78 is 0.799. The van der Waals surface area contributed by atoms with E-state index in [0.717, 1.165) is 15.6 Å². The number of hydrogen-bond acceptors (Lipinski definition) is 2. The number of fused-ring (bicyclic) bond motifs is 1. The third kappa shape index (κ3) is 2.18. The first-order valence-corrected chi connectivity index (χ1v) is 6.71.